The van der Waals surface area contributed by atoms with Crippen molar-refractivity contribution in [2.75, 3.05) is 13.1 Å². The van der Waals surface area contributed by atoms with Crippen molar-refractivity contribution in [3.05, 3.63) is 34.2 Å². The average molecular weight is 322 g/mol. The van der Waals surface area contributed by atoms with Gasteiger partial charge in [0.1, 0.15) is 11.3 Å². The quantitative estimate of drug-likeness (QED) is 0.757. The van der Waals surface area contributed by atoms with Gasteiger partial charge in [0.05, 0.1) is 4.60 Å². The molecule has 0 unspecified atom stereocenters. The van der Waals surface area contributed by atoms with Gasteiger partial charge >= 0.3 is 0 Å². The largest absolute Gasteiger partial charge is 0.337 e. The topological polar surface area (TPSA) is 37.6 Å². The molecule has 0 bridgehead atoms. The Kier molecular flexibility index (Phi) is 3.31. The van der Waals surface area contributed by atoms with Gasteiger partial charge in [-0.3, -0.25) is 9.20 Å². The van der Waals surface area contributed by atoms with E-state index < -0.39 is 0 Å². The van der Waals surface area contributed by atoms with Crippen LogP contribution in [0, 0.1) is 6.92 Å². The van der Waals surface area contributed by atoms with Crippen LogP contribution in [0.4, 0.5) is 0 Å². The van der Waals surface area contributed by atoms with Gasteiger partial charge in [0, 0.05) is 19.3 Å². The number of nitrogens with zero attached hydrogens (tertiary/aromatic N) is 3. The maximum absolute atomic E-state index is 12.4. The lowest BCUT2D eigenvalue weighted by molar-refractivity contribution is 0.0719. The lowest BCUT2D eigenvalue weighted by atomic mass is 10.1. The summed E-state index contributed by atoms with van der Waals surface area (Å²) < 4.78 is 2.88. The van der Waals surface area contributed by atoms with E-state index in [1.807, 2.05) is 34.6 Å². The Morgan fingerprint density at radius 3 is 2.74 bits per heavy atom. The number of aryl methyl sites for hydroxylation is 1. The number of rotatable bonds is 1. The van der Waals surface area contributed by atoms with E-state index >= 15 is 0 Å². The highest BCUT2D eigenvalue weighted by Gasteiger charge is 2.21. The Morgan fingerprint density at radius 1 is 1.26 bits per heavy atom. The highest BCUT2D eigenvalue weighted by atomic mass is 79.9. The van der Waals surface area contributed by atoms with E-state index in [-0.39, 0.29) is 5.91 Å². The van der Waals surface area contributed by atoms with Crippen molar-refractivity contribution >= 4 is 27.5 Å². The molecule has 100 valence electrons. The third-order valence-electron chi connectivity index (χ3n) is 3.61. The van der Waals surface area contributed by atoms with Crippen LogP contribution < -0.4 is 0 Å². The molecule has 0 aliphatic carbocycles. The van der Waals surface area contributed by atoms with Crippen LogP contribution in [0.2, 0.25) is 0 Å². The van der Waals surface area contributed by atoms with Crippen LogP contribution >= 0.6 is 15.9 Å². The number of amides is 1. The number of carbonyl (C=O) groups is 1. The van der Waals surface area contributed by atoms with Gasteiger partial charge in [-0.1, -0.05) is 6.07 Å². The minimum Gasteiger partial charge on any atom is -0.337 e. The van der Waals surface area contributed by atoms with Crippen LogP contribution in [-0.2, 0) is 0 Å². The molecule has 0 aromatic carbocycles. The summed E-state index contributed by atoms with van der Waals surface area (Å²) in [6.45, 7) is 3.73. The van der Waals surface area contributed by atoms with Gasteiger partial charge in [-0.25, -0.2) is 4.98 Å². The number of carbonyl (C=O) groups excluding carboxylic acids is 1. The van der Waals surface area contributed by atoms with E-state index in [1.54, 1.807) is 0 Å². The zero-order valence-electron chi connectivity index (χ0n) is 10.9. The third kappa shape index (κ3) is 2.27. The van der Waals surface area contributed by atoms with Crippen molar-refractivity contribution in [1.29, 1.82) is 0 Å². The first-order valence-corrected chi connectivity index (χ1v) is 7.39. The predicted molar refractivity (Wildman–Crippen MR) is 77.4 cm³/mol. The molecule has 1 amide bonds. The molecule has 0 N–H and O–H groups in total. The van der Waals surface area contributed by atoms with Crippen molar-refractivity contribution in [3.8, 4) is 0 Å². The number of hydrogen-bond acceptors (Lipinski definition) is 2. The van der Waals surface area contributed by atoms with Crippen molar-refractivity contribution in [2.24, 2.45) is 0 Å². The molecule has 2 aromatic rings. The van der Waals surface area contributed by atoms with Gasteiger partial charge in [-0.2, -0.15) is 0 Å². The van der Waals surface area contributed by atoms with E-state index in [4.69, 9.17) is 0 Å². The molecule has 1 aliphatic rings. The summed E-state index contributed by atoms with van der Waals surface area (Å²) in [6.07, 6.45) is 5.24. The molecule has 19 heavy (non-hydrogen) atoms. The summed E-state index contributed by atoms with van der Waals surface area (Å²) in [5.41, 5.74) is 2.47. The maximum atomic E-state index is 12.4. The molecule has 2 aromatic heterocycles. The van der Waals surface area contributed by atoms with E-state index in [9.17, 15) is 4.79 Å². The van der Waals surface area contributed by atoms with E-state index in [0.717, 1.165) is 41.7 Å². The zero-order valence-corrected chi connectivity index (χ0v) is 12.5. The van der Waals surface area contributed by atoms with E-state index in [0.29, 0.717) is 5.69 Å². The van der Waals surface area contributed by atoms with E-state index in [1.165, 1.54) is 6.42 Å². The average Bonchev–Trinajstić information content (AvgIpc) is 2.88. The molecule has 4 nitrogen and oxygen atoms in total. The Balaban J connectivity index is 1.96. The standard InChI is InChI=1S/C14H16BrN3O/c1-10-5-6-12-16-11(9-18(12)13(10)15)14(19)17-7-3-2-4-8-17/h5-6,9H,2-4,7-8H2,1H3. The van der Waals surface area contributed by atoms with Crippen molar-refractivity contribution < 1.29 is 4.79 Å². The summed E-state index contributed by atoms with van der Waals surface area (Å²) in [6, 6.07) is 3.94. The second kappa shape index (κ2) is 4.96. The van der Waals surface area contributed by atoms with Crippen LogP contribution in [0.15, 0.2) is 22.9 Å². The number of piperidine rings is 1. The van der Waals surface area contributed by atoms with Gasteiger partial charge in [-0.15, -0.1) is 0 Å². The molecule has 1 fully saturated rings. The Bertz CT molecular complexity index is 629. The van der Waals surface area contributed by atoms with Gasteiger partial charge in [-0.05, 0) is 53.7 Å². The molecular formula is C14H16BrN3O. The monoisotopic (exact) mass is 321 g/mol. The molecule has 3 heterocycles. The van der Waals surface area contributed by atoms with Crippen LogP contribution in [0.25, 0.3) is 5.65 Å². The van der Waals surface area contributed by atoms with Crippen LogP contribution in [0.1, 0.15) is 35.3 Å². The van der Waals surface area contributed by atoms with Gasteiger partial charge in [0.15, 0.2) is 0 Å². The van der Waals surface area contributed by atoms with Crippen molar-refractivity contribution in [3.63, 3.8) is 0 Å². The fraction of sp³-hybridized carbons (Fsp3) is 0.429. The number of fused-ring (bicyclic) bond motifs is 1. The van der Waals surface area contributed by atoms with Gasteiger partial charge in [0.2, 0.25) is 0 Å². The summed E-state index contributed by atoms with van der Waals surface area (Å²) in [5, 5.41) is 0. The summed E-state index contributed by atoms with van der Waals surface area (Å²) >= 11 is 3.54. The van der Waals surface area contributed by atoms with Crippen molar-refractivity contribution in [1.82, 2.24) is 14.3 Å². The number of pyridine rings is 1. The second-order valence-corrected chi connectivity index (χ2v) is 5.77. The molecule has 5 heteroatoms. The molecule has 0 atom stereocenters. The second-order valence-electron chi connectivity index (χ2n) is 5.01. The smallest absolute Gasteiger partial charge is 0.274 e. The Labute approximate surface area is 120 Å². The van der Waals surface area contributed by atoms with E-state index in [2.05, 4.69) is 20.9 Å². The molecule has 0 saturated carbocycles. The highest BCUT2D eigenvalue weighted by Crippen LogP contribution is 2.20. The van der Waals surface area contributed by atoms with Crippen LogP contribution in [-0.4, -0.2) is 33.3 Å². The number of aromatic nitrogens is 2. The lowest BCUT2D eigenvalue weighted by Crippen LogP contribution is -2.35. The highest BCUT2D eigenvalue weighted by molar-refractivity contribution is 9.10. The molecule has 1 aliphatic heterocycles. The molecular weight excluding hydrogens is 306 g/mol. The van der Waals surface area contributed by atoms with Gasteiger partial charge < -0.3 is 4.90 Å². The number of hydrogen-bond donors (Lipinski definition) is 0. The molecule has 3 rings (SSSR count). The molecule has 1 saturated heterocycles. The number of likely N-dealkylation sites (tertiary alicyclic amines) is 1. The summed E-state index contributed by atoms with van der Waals surface area (Å²) in [7, 11) is 0. The lowest BCUT2D eigenvalue weighted by Gasteiger charge is -2.25. The van der Waals surface area contributed by atoms with Crippen molar-refractivity contribution in [2.45, 2.75) is 26.2 Å². The Morgan fingerprint density at radius 2 is 2.00 bits per heavy atom. The fourth-order valence-electron chi connectivity index (χ4n) is 2.49. The minimum absolute atomic E-state index is 0.0490. The molecule has 0 spiro atoms. The first-order valence-electron chi connectivity index (χ1n) is 6.60. The number of imidazole rings is 1. The fourth-order valence-corrected chi connectivity index (χ4v) is 2.91. The zero-order chi connectivity index (χ0) is 13.4. The predicted octanol–water partition coefficient (Wildman–Crippen LogP) is 3.03. The SMILES string of the molecule is Cc1ccc2nc(C(=O)N3CCCCC3)cn2c1Br. The normalized spacial score (nSPS) is 16.0. The van der Waals surface area contributed by atoms with Gasteiger partial charge in [0.25, 0.3) is 5.91 Å². The van der Waals surface area contributed by atoms with Crippen LogP contribution in [0.3, 0.4) is 0 Å². The number of halogens is 1. The first-order chi connectivity index (χ1) is 9.16. The summed E-state index contributed by atoms with van der Waals surface area (Å²) in [5.74, 6) is 0.0490. The Hall–Kier alpha value is -1.36. The maximum Gasteiger partial charge on any atom is 0.274 e. The molecule has 0 radical (unpaired) electrons. The first kappa shape index (κ1) is 12.7. The van der Waals surface area contributed by atoms with Crippen LogP contribution in [0.5, 0.6) is 0 Å². The third-order valence-corrected chi connectivity index (χ3v) is 4.62. The summed E-state index contributed by atoms with van der Waals surface area (Å²) in [4.78, 5) is 18.7. The minimum atomic E-state index is 0.0490.